The van der Waals surface area contributed by atoms with Crippen LogP contribution in [0.2, 0.25) is 18.1 Å². The molecular weight excluding hydrogens is 271 g/mol. The predicted octanol–water partition coefficient (Wildman–Crippen LogP) is 3.21. The van der Waals surface area contributed by atoms with Crippen molar-refractivity contribution < 1.29 is 18.4 Å². The van der Waals surface area contributed by atoms with Gasteiger partial charge in [0.25, 0.3) is 0 Å². The average Bonchev–Trinajstić information content (AvgIpc) is 2.37. The Kier molecular flexibility index (Phi) is 8.07. The van der Waals surface area contributed by atoms with Crippen LogP contribution in [0.15, 0.2) is 0 Å². The van der Waals surface area contributed by atoms with Crippen molar-refractivity contribution in [3.05, 3.63) is 0 Å². The second kappa shape index (κ2) is 8.20. The van der Waals surface area contributed by atoms with E-state index in [-0.39, 0.29) is 5.04 Å². The van der Waals surface area contributed by atoms with Gasteiger partial charge in [-0.25, -0.2) is 5.82 Å². The van der Waals surface area contributed by atoms with Crippen LogP contribution in [0.25, 0.3) is 0 Å². The quantitative estimate of drug-likeness (QED) is 0.411. The molecule has 118 valence electrons. The molecule has 0 saturated carbocycles. The summed E-state index contributed by atoms with van der Waals surface area (Å²) in [7, 11) is 2.95. The molecule has 0 unspecified atom stereocenters. The summed E-state index contributed by atoms with van der Waals surface area (Å²) in [4.78, 5) is 0. The molecule has 0 aliphatic rings. The minimum atomic E-state index is -1.92. The van der Waals surface area contributed by atoms with E-state index in [0.29, 0.717) is 0 Å². The normalized spacial score (nSPS) is 13.0. The van der Waals surface area contributed by atoms with Gasteiger partial charge in [0.15, 0.2) is 8.32 Å². The molecule has 0 saturated heterocycles. The lowest BCUT2D eigenvalue weighted by Crippen LogP contribution is -2.41. The van der Waals surface area contributed by atoms with Crippen LogP contribution in [0.4, 0.5) is 0 Å². The predicted molar refractivity (Wildman–Crippen MR) is 86.9 cm³/mol. The first-order valence-electron chi connectivity index (χ1n) is 7.07. The summed E-state index contributed by atoms with van der Waals surface area (Å²) < 4.78 is 21.6. The van der Waals surface area contributed by atoms with Crippen molar-refractivity contribution in [2.24, 2.45) is 0 Å². The first-order chi connectivity index (χ1) is 9.14. The molecule has 0 fully saturated rings. The summed E-state index contributed by atoms with van der Waals surface area (Å²) in [6.45, 7) is 10.1. The Morgan fingerprint density at radius 3 is 1.90 bits per heavy atom. The van der Waals surface area contributed by atoms with Crippen LogP contribution in [-0.2, 0) is 18.4 Å². The molecule has 0 radical (unpaired) electrons. The van der Waals surface area contributed by atoms with Crippen LogP contribution in [0, 0.1) is 11.7 Å². The SMILES string of the molecule is CO[B-](C#CCCCO[Si](C)(C)C(C)(C)C)(OC)OC. The fourth-order valence-corrected chi connectivity index (χ4v) is 2.45. The molecule has 0 aromatic heterocycles. The van der Waals surface area contributed by atoms with E-state index in [9.17, 15) is 0 Å². The Bertz CT molecular complexity index is 329. The van der Waals surface area contributed by atoms with Gasteiger partial charge in [0.1, 0.15) is 0 Å². The third-order valence-corrected chi connectivity index (χ3v) is 8.46. The topological polar surface area (TPSA) is 36.9 Å². The fourth-order valence-electron chi connectivity index (χ4n) is 1.37. The first kappa shape index (κ1) is 19.7. The maximum absolute atomic E-state index is 6.09. The number of hydrogen-bond donors (Lipinski definition) is 0. The van der Waals surface area contributed by atoms with E-state index in [0.717, 1.165) is 19.4 Å². The van der Waals surface area contributed by atoms with Crippen molar-refractivity contribution in [1.82, 2.24) is 0 Å². The Balaban J connectivity index is 4.18. The molecule has 0 aromatic carbocycles. The van der Waals surface area contributed by atoms with Gasteiger partial charge in [0, 0.05) is 13.0 Å². The highest BCUT2D eigenvalue weighted by Crippen LogP contribution is 2.36. The van der Waals surface area contributed by atoms with Crippen molar-refractivity contribution in [2.75, 3.05) is 27.9 Å². The van der Waals surface area contributed by atoms with Crippen molar-refractivity contribution in [3.63, 3.8) is 0 Å². The average molecular weight is 301 g/mol. The minimum Gasteiger partial charge on any atom is -0.536 e. The summed E-state index contributed by atoms with van der Waals surface area (Å²) in [6.07, 6.45) is 1.65. The van der Waals surface area contributed by atoms with E-state index in [4.69, 9.17) is 18.4 Å². The summed E-state index contributed by atoms with van der Waals surface area (Å²) in [5.41, 5.74) is 0. The second-order valence-corrected chi connectivity index (χ2v) is 11.2. The van der Waals surface area contributed by atoms with Crippen LogP contribution in [0.3, 0.4) is 0 Å². The maximum Gasteiger partial charge on any atom is 0.456 e. The molecule has 0 spiro atoms. The zero-order valence-corrected chi connectivity index (χ0v) is 15.3. The highest BCUT2D eigenvalue weighted by atomic mass is 28.4. The monoisotopic (exact) mass is 301 g/mol. The summed E-state index contributed by atoms with van der Waals surface area (Å²) in [6, 6.07) is 0. The van der Waals surface area contributed by atoms with Crippen LogP contribution in [0.1, 0.15) is 33.6 Å². The van der Waals surface area contributed by atoms with Crippen LogP contribution in [-0.4, -0.2) is 43.0 Å². The summed E-state index contributed by atoms with van der Waals surface area (Å²) in [5.74, 6) is 5.95. The largest absolute Gasteiger partial charge is 0.536 e. The number of hydrogen-bond acceptors (Lipinski definition) is 4. The van der Waals surface area contributed by atoms with Gasteiger partial charge in [-0.05, 0) is 45.9 Å². The van der Waals surface area contributed by atoms with Crippen LogP contribution < -0.4 is 0 Å². The highest BCUT2D eigenvalue weighted by Gasteiger charge is 2.36. The smallest absolute Gasteiger partial charge is 0.456 e. The van der Waals surface area contributed by atoms with Gasteiger partial charge in [-0.15, -0.1) is 5.92 Å². The van der Waals surface area contributed by atoms with Gasteiger partial charge in [0.05, 0.1) is 0 Å². The molecule has 20 heavy (non-hydrogen) atoms. The Morgan fingerprint density at radius 1 is 1.00 bits per heavy atom. The van der Waals surface area contributed by atoms with Gasteiger partial charge in [0.2, 0.25) is 0 Å². The summed E-state index contributed by atoms with van der Waals surface area (Å²) in [5, 5.41) is 0.249. The van der Waals surface area contributed by atoms with Gasteiger partial charge >= 0.3 is 6.75 Å². The molecular formula is C14H30BO4Si-. The lowest BCUT2D eigenvalue weighted by molar-refractivity contribution is 0.141. The fraction of sp³-hybridized carbons (Fsp3) is 0.857. The highest BCUT2D eigenvalue weighted by molar-refractivity contribution is 6.74. The third-order valence-electron chi connectivity index (χ3n) is 3.92. The minimum absolute atomic E-state index is 0.249. The van der Waals surface area contributed by atoms with Crippen molar-refractivity contribution in [1.29, 1.82) is 0 Å². The molecule has 6 heteroatoms. The standard InChI is InChI=1S/C14H30BO4Si/c1-14(2,3)20(7,8)19-13-11-9-10-12-15(16-4,17-5)18-6/h9,11,13H2,1-8H3/q-1. The van der Waals surface area contributed by atoms with Crippen LogP contribution >= 0.6 is 0 Å². The lowest BCUT2D eigenvalue weighted by Gasteiger charge is -2.36. The third kappa shape index (κ3) is 5.98. The van der Waals surface area contributed by atoms with E-state index in [1.807, 2.05) is 0 Å². The van der Waals surface area contributed by atoms with Crippen molar-refractivity contribution >= 4 is 15.1 Å². The summed E-state index contributed by atoms with van der Waals surface area (Å²) >= 11 is 0. The van der Waals surface area contributed by atoms with Gasteiger partial charge in [-0.2, -0.15) is 0 Å². The Morgan fingerprint density at radius 2 is 1.50 bits per heavy atom. The zero-order chi connectivity index (χ0) is 15.9. The second-order valence-electron chi connectivity index (χ2n) is 6.38. The number of unbranched alkanes of at least 4 members (excludes halogenated alkanes) is 1. The molecule has 0 amide bonds. The number of rotatable bonds is 7. The molecule has 0 aromatic rings. The van der Waals surface area contributed by atoms with Crippen LogP contribution in [0.5, 0.6) is 0 Å². The van der Waals surface area contributed by atoms with E-state index in [1.54, 1.807) is 0 Å². The molecule has 0 bridgehead atoms. The van der Waals surface area contributed by atoms with Gasteiger partial charge in [-0.3, -0.25) is 0 Å². The van der Waals surface area contributed by atoms with E-state index < -0.39 is 15.1 Å². The lowest BCUT2D eigenvalue weighted by atomic mass is 9.79. The molecule has 0 aliphatic carbocycles. The van der Waals surface area contributed by atoms with Crippen molar-refractivity contribution in [2.45, 2.75) is 51.7 Å². The molecule has 4 nitrogen and oxygen atoms in total. The molecule has 0 atom stereocenters. The van der Waals surface area contributed by atoms with E-state index in [1.165, 1.54) is 21.3 Å². The molecule has 0 N–H and O–H groups in total. The van der Waals surface area contributed by atoms with Gasteiger partial charge < -0.3 is 18.4 Å². The van der Waals surface area contributed by atoms with Gasteiger partial charge in [-0.1, -0.05) is 20.8 Å². The Hall–Kier alpha value is -0.318. The Labute approximate surface area is 125 Å². The molecule has 0 heterocycles. The maximum atomic E-state index is 6.09. The molecule has 0 rings (SSSR count). The molecule has 0 aliphatic heterocycles. The first-order valence-corrected chi connectivity index (χ1v) is 9.98. The zero-order valence-electron chi connectivity index (χ0n) is 14.3. The van der Waals surface area contributed by atoms with Crippen molar-refractivity contribution in [3.8, 4) is 11.7 Å². The van der Waals surface area contributed by atoms with E-state index in [2.05, 4.69) is 45.6 Å². The van der Waals surface area contributed by atoms with E-state index >= 15 is 0 Å².